The highest BCUT2D eigenvalue weighted by molar-refractivity contribution is 6.03. The van der Waals surface area contributed by atoms with Gasteiger partial charge in [-0.3, -0.25) is 4.90 Å². The normalized spacial score (nSPS) is 21.1. The lowest BCUT2D eigenvalue weighted by molar-refractivity contribution is -0.256. The van der Waals surface area contributed by atoms with E-state index in [1.165, 1.54) is 44.9 Å². The predicted molar refractivity (Wildman–Crippen MR) is 296 cm³/mol. The number of ether oxygens (including phenoxy) is 5. The van der Waals surface area contributed by atoms with Crippen molar-refractivity contribution < 1.29 is 48.6 Å². The van der Waals surface area contributed by atoms with E-state index in [1.807, 2.05) is 72.8 Å². The monoisotopic (exact) mass is 1030 g/mol. The van der Waals surface area contributed by atoms with Gasteiger partial charge in [-0.15, -0.1) is 6.58 Å². The van der Waals surface area contributed by atoms with Crippen molar-refractivity contribution >= 4 is 11.8 Å². The Balaban J connectivity index is 1.30. The molecule has 1 fully saturated rings. The van der Waals surface area contributed by atoms with Crippen LogP contribution in [-0.2, 0) is 25.7 Å². The van der Waals surface area contributed by atoms with Gasteiger partial charge >= 0.3 is 6.09 Å². The minimum Gasteiger partial charge on any atom is -0.459 e. The zero-order chi connectivity index (χ0) is 52.5. The van der Waals surface area contributed by atoms with Gasteiger partial charge in [0.25, 0.3) is 0 Å². The zero-order valence-corrected chi connectivity index (χ0v) is 44.5. The number of aliphatic hydroxyl groups excluding tert-OH is 3. The molecular weight excluding hydrogens is 945 g/mol. The molecule has 6 atom stereocenters. The number of amides is 1. The molecule has 0 saturated heterocycles. The molecule has 1 heterocycles. The third-order valence-corrected chi connectivity index (χ3v) is 15.1. The number of hydrogen-bond donors (Lipinski definition) is 3. The topological polar surface area (TPSA) is 149 Å². The van der Waals surface area contributed by atoms with Gasteiger partial charge in [0, 0.05) is 37.7 Å². The summed E-state index contributed by atoms with van der Waals surface area (Å²) in [5.41, 5.74) is 5.75. The van der Waals surface area contributed by atoms with E-state index in [1.54, 1.807) is 11.0 Å². The summed E-state index contributed by atoms with van der Waals surface area (Å²) in [4.78, 5) is 22.9. The van der Waals surface area contributed by atoms with Crippen molar-refractivity contribution in [1.82, 2.24) is 4.90 Å². The highest BCUT2D eigenvalue weighted by Gasteiger charge is 2.65. The number of carbonyl (C=O) groups excluding carboxylic acids is 1. The van der Waals surface area contributed by atoms with Crippen LogP contribution in [0.15, 0.2) is 133 Å². The Kier molecular flexibility index (Phi) is 23.6. The Morgan fingerprint density at radius 2 is 1.41 bits per heavy atom. The third-order valence-electron chi connectivity index (χ3n) is 15.1. The largest absolute Gasteiger partial charge is 0.459 e. The van der Waals surface area contributed by atoms with E-state index < -0.39 is 23.8 Å². The van der Waals surface area contributed by atoms with E-state index in [0.717, 1.165) is 72.8 Å². The van der Waals surface area contributed by atoms with Gasteiger partial charge in [0.1, 0.15) is 29.9 Å². The first-order chi connectivity index (χ1) is 36.9. The number of unbranched alkanes of at least 4 members (excludes halogenated alkanes) is 11. The summed E-state index contributed by atoms with van der Waals surface area (Å²) in [5, 5.41) is 34.9. The van der Waals surface area contributed by atoms with Crippen molar-refractivity contribution in [3.05, 3.63) is 139 Å². The quantitative estimate of drug-likeness (QED) is 0.0235. The number of oxime groups is 1. The fourth-order valence-electron chi connectivity index (χ4n) is 11.5. The Morgan fingerprint density at radius 1 is 0.747 bits per heavy atom. The molecular formula is C63H84N2O10. The van der Waals surface area contributed by atoms with Gasteiger partial charge in [0.15, 0.2) is 0 Å². The number of hydrogen-bond acceptors (Lipinski definition) is 11. The van der Waals surface area contributed by atoms with Crippen molar-refractivity contribution in [2.45, 2.75) is 140 Å². The van der Waals surface area contributed by atoms with Crippen LogP contribution in [-0.4, -0.2) is 96.6 Å². The Labute approximate surface area is 446 Å². The number of allylic oxidation sites excluding steroid dienone is 1. The predicted octanol–water partition coefficient (Wildman–Crippen LogP) is 13.3. The molecule has 75 heavy (non-hydrogen) atoms. The number of aliphatic hydroxyl groups is 3. The maximum Gasteiger partial charge on any atom is 0.410 e. The van der Waals surface area contributed by atoms with E-state index in [-0.39, 0.29) is 83.6 Å². The summed E-state index contributed by atoms with van der Waals surface area (Å²) in [7, 11) is 0. The van der Waals surface area contributed by atoms with E-state index in [9.17, 15) is 20.1 Å². The van der Waals surface area contributed by atoms with E-state index in [4.69, 9.17) is 33.7 Å². The second-order valence-corrected chi connectivity index (χ2v) is 20.3. The molecule has 3 aliphatic rings. The number of rotatable bonds is 34. The fraction of sp³-hybridized carbons (Fsp3) is 0.524. The number of fused-ring (bicyclic) bond motifs is 2. The third kappa shape index (κ3) is 15.8. The summed E-state index contributed by atoms with van der Waals surface area (Å²) >= 11 is 0. The van der Waals surface area contributed by atoms with Crippen molar-refractivity contribution in [1.29, 1.82) is 0 Å². The molecule has 0 spiro atoms. The van der Waals surface area contributed by atoms with Gasteiger partial charge < -0.3 is 43.8 Å². The van der Waals surface area contributed by atoms with Crippen molar-refractivity contribution in [2.75, 3.05) is 52.8 Å². The molecule has 12 heteroatoms. The van der Waals surface area contributed by atoms with Crippen LogP contribution in [0.4, 0.5) is 4.79 Å². The minimum atomic E-state index is -1.48. The smallest absolute Gasteiger partial charge is 0.410 e. The molecule has 12 nitrogen and oxygen atoms in total. The molecule has 4 aromatic carbocycles. The van der Waals surface area contributed by atoms with Crippen LogP contribution in [0.5, 0.6) is 17.2 Å². The second kappa shape index (κ2) is 30.9. The Hall–Kier alpha value is -5.50. The van der Waals surface area contributed by atoms with Gasteiger partial charge in [-0.1, -0.05) is 168 Å². The lowest BCUT2D eigenvalue weighted by Crippen LogP contribution is -2.70. The zero-order valence-electron chi connectivity index (χ0n) is 44.5. The van der Waals surface area contributed by atoms with Gasteiger partial charge in [0.05, 0.1) is 44.7 Å². The van der Waals surface area contributed by atoms with Gasteiger partial charge in [-0.05, 0) is 96.5 Å². The number of carbonyl (C=O) groups is 1. The molecule has 1 aliphatic heterocycles. The lowest BCUT2D eigenvalue weighted by atomic mass is 9.55. The molecule has 4 aromatic rings. The van der Waals surface area contributed by atoms with E-state index in [0.29, 0.717) is 35.8 Å². The minimum absolute atomic E-state index is 0.0219. The summed E-state index contributed by atoms with van der Waals surface area (Å²) in [5.74, 6) is -0.219. The van der Waals surface area contributed by atoms with Gasteiger partial charge in [-0.2, -0.15) is 0 Å². The first-order valence-electron chi connectivity index (χ1n) is 28.1. The molecule has 0 bridgehead atoms. The van der Waals surface area contributed by atoms with Crippen LogP contribution in [0, 0.1) is 17.8 Å². The highest BCUT2D eigenvalue weighted by Crippen LogP contribution is 2.62. The molecule has 7 rings (SSSR count). The first-order valence-corrected chi connectivity index (χ1v) is 28.1. The maximum absolute atomic E-state index is 14.9. The molecule has 0 radical (unpaired) electrons. The van der Waals surface area contributed by atoms with E-state index >= 15 is 0 Å². The summed E-state index contributed by atoms with van der Waals surface area (Å²) in [6, 6.07) is 33.5. The molecule has 406 valence electrons. The van der Waals surface area contributed by atoms with Crippen LogP contribution >= 0.6 is 0 Å². The lowest BCUT2D eigenvalue weighted by Gasteiger charge is -2.59. The van der Waals surface area contributed by atoms with Crippen LogP contribution in [0.2, 0.25) is 0 Å². The molecule has 1 amide bonds. The fourth-order valence-corrected chi connectivity index (χ4v) is 11.5. The number of benzene rings is 4. The molecule has 2 aliphatic carbocycles. The summed E-state index contributed by atoms with van der Waals surface area (Å²) in [6.45, 7) is 7.36. The average molecular weight is 1030 g/mol. The summed E-state index contributed by atoms with van der Waals surface area (Å²) < 4.78 is 33.5. The Bertz CT molecular complexity index is 2360. The van der Waals surface area contributed by atoms with Gasteiger partial charge in [0.2, 0.25) is 5.79 Å². The van der Waals surface area contributed by atoms with Crippen LogP contribution < -0.4 is 9.47 Å². The first kappa shape index (κ1) is 57.2. The average Bonchev–Trinajstić information content (AvgIpc) is 3.44. The molecule has 3 N–H and O–H groups in total. The molecule has 6 unspecified atom stereocenters. The van der Waals surface area contributed by atoms with Crippen LogP contribution in [0.1, 0.15) is 133 Å². The van der Waals surface area contributed by atoms with Crippen molar-refractivity contribution in [3.63, 3.8) is 0 Å². The van der Waals surface area contributed by atoms with Crippen LogP contribution in [0.25, 0.3) is 11.1 Å². The van der Waals surface area contributed by atoms with E-state index in [2.05, 4.69) is 49.9 Å². The molecule has 0 aromatic heterocycles. The molecule has 1 saturated carbocycles. The second-order valence-electron chi connectivity index (χ2n) is 20.3. The number of nitrogens with zero attached hydrogens (tertiary/aromatic N) is 2. The summed E-state index contributed by atoms with van der Waals surface area (Å²) in [6.07, 6.45) is 19.9. The maximum atomic E-state index is 14.9. The SMILES string of the molecule is C=CCOC12Oc3ccc(Oc4ccc(-c5ccccc5)cc4)cc3C3C(CCCCO)C(CCCCO)C=C(C(=NOCc4ccccc4)CC1N(CCOCCO)C(=O)OCCCCCCCCCCCC)C32. The van der Waals surface area contributed by atoms with Crippen LogP contribution in [0.3, 0.4) is 0 Å². The van der Waals surface area contributed by atoms with Crippen molar-refractivity contribution in [3.8, 4) is 28.4 Å². The Morgan fingerprint density at radius 3 is 2.11 bits per heavy atom. The van der Waals surface area contributed by atoms with Gasteiger partial charge in [-0.25, -0.2) is 4.79 Å². The highest BCUT2D eigenvalue weighted by atomic mass is 16.7. The van der Waals surface area contributed by atoms with Crippen molar-refractivity contribution in [2.24, 2.45) is 22.9 Å². The standard InChI is InChI=1S/C63H84N2O10/c1-3-5-6-7-8-9-10-11-12-23-41-71-62(69)65(36-42-70-43-39-68)59-46-57(64-73-47-48-24-15-13-16-25-48)55-44-51(28-19-21-37-66)54(29-20-22-38-67)60-56-45-53(34-35-58(56)75-63(59,61(55)60)72-40-4-2)74-52-32-30-50(31-33-52)49-26-17-14-18-27-49/h4,13-18,24-27,30-35,44-45,51,54,59-61,66-68H,2-3,5-12,19-23,28-29,36-43,46-47H2,1H3.